The molecule has 0 amide bonds. The number of thiazole rings is 1. The van der Waals surface area contributed by atoms with E-state index in [1.54, 1.807) is 11.3 Å². The van der Waals surface area contributed by atoms with Crippen LogP contribution >= 0.6 is 11.3 Å². The fourth-order valence-electron chi connectivity index (χ4n) is 4.84. The summed E-state index contributed by atoms with van der Waals surface area (Å²) in [6, 6.07) is 36.7. The van der Waals surface area contributed by atoms with Crippen LogP contribution in [0.5, 0.6) is 0 Å². The number of pyridine rings is 1. The van der Waals surface area contributed by atoms with Crippen LogP contribution in [0.3, 0.4) is 0 Å². The molecule has 0 saturated carbocycles. The third kappa shape index (κ3) is 2.94. The predicted octanol–water partition coefficient (Wildman–Crippen LogP) is 8.48. The lowest BCUT2D eigenvalue weighted by Crippen LogP contribution is -1.89. The monoisotopic (exact) mass is 438 g/mol. The number of hydrogen-bond acceptors (Lipinski definition) is 3. The Morgan fingerprint density at radius 3 is 1.76 bits per heavy atom. The lowest BCUT2D eigenvalue weighted by atomic mass is 9.93. The molecule has 0 unspecified atom stereocenters. The summed E-state index contributed by atoms with van der Waals surface area (Å²) >= 11 is 1.66. The molecular formula is C30H18N2S. The van der Waals surface area contributed by atoms with Gasteiger partial charge in [-0.25, -0.2) is 9.97 Å². The first-order valence-corrected chi connectivity index (χ1v) is 11.9. The van der Waals surface area contributed by atoms with E-state index in [1.165, 1.54) is 37.0 Å². The number of nitrogens with zero attached hydrogens (tertiary/aromatic N) is 2. The van der Waals surface area contributed by atoms with Gasteiger partial charge in [0.05, 0.1) is 27.1 Å². The van der Waals surface area contributed by atoms with Crippen molar-refractivity contribution < 1.29 is 0 Å². The predicted molar refractivity (Wildman–Crippen MR) is 141 cm³/mol. The molecule has 0 atom stereocenters. The largest absolute Gasteiger partial charge is 0.248 e. The van der Waals surface area contributed by atoms with E-state index in [0.717, 1.165) is 28.0 Å². The van der Waals surface area contributed by atoms with E-state index >= 15 is 0 Å². The second kappa shape index (κ2) is 7.22. The summed E-state index contributed by atoms with van der Waals surface area (Å²) in [6.45, 7) is 0. The number of hydrogen-bond donors (Lipinski definition) is 0. The maximum Gasteiger partial charge on any atom is 0.0812 e. The van der Waals surface area contributed by atoms with Crippen LogP contribution in [0.2, 0.25) is 0 Å². The quantitative estimate of drug-likeness (QED) is 0.253. The summed E-state index contributed by atoms with van der Waals surface area (Å²) in [5, 5.41) is 7.70. The second-order valence-electron chi connectivity index (χ2n) is 8.29. The Labute approximate surface area is 194 Å². The smallest absolute Gasteiger partial charge is 0.0812 e. The van der Waals surface area contributed by atoms with E-state index in [9.17, 15) is 0 Å². The average molecular weight is 439 g/mol. The van der Waals surface area contributed by atoms with Crippen LogP contribution in [-0.4, -0.2) is 9.97 Å². The van der Waals surface area contributed by atoms with Crippen molar-refractivity contribution in [1.29, 1.82) is 0 Å². The molecule has 5 aromatic carbocycles. The molecule has 0 spiro atoms. The van der Waals surface area contributed by atoms with Gasteiger partial charge in [0.1, 0.15) is 0 Å². The standard InChI is InChI=1S/C30H18N2S/c1-2-8-23-21(6-1)22-7-3-4-9-24(22)26-16-19(12-14-25(23)26)27-10-5-11-28(32-27)20-13-15-29-30(17-20)33-18-31-29/h1-18H. The molecule has 2 nitrogen and oxygen atoms in total. The highest BCUT2D eigenvalue weighted by molar-refractivity contribution is 7.16. The zero-order valence-electron chi connectivity index (χ0n) is 17.7. The zero-order chi connectivity index (χ0) is 21.8. The molecule has 0 aliphatic rings. The molecule has 154 valence electrons. The minimum absolute atomic E-state index is 0.978. The van der Waals surface area contributed by atoms with Crippen molar-refractivity contribution in [3.8, 4) is 22.5 Å². The molecule has 3 heteroatoms. The summed E-state index contributed by atoms with van der Waals surface area (Å²) in [7, 11) is 0. The molecule has 2 aromatic heterocycles. The van der Waals surface area contributed by atoms with Crippen LogP contribution in [0.1, 0.15) is 0 Å². The minimum atomic E-state index is 0.978. The van der Waals surface area contributed by atoms with Gasteiger partial charge in [-0.15, -0.1) is 11.3 Å². The van der Waals surface area contributed by atoms with Crippen LogP contribution in [0, 0.1) is 0 Å². The van der Waals surface area contributed by atoms with Crippen molar-refractivity contribution in [2.45, 2.75) is 0 Å². The van der Waals surface area contributed by atoms with Gasteiger partial charge in [0.25, 0.3) is 0 Å². The Balaban J connectivity index is 1.44. The van der Waals surface area contributed by atoms with Crippen LogP contribution in [0.25, 0.3) is 65.0 Å². The average Bonchev–Trinajstić information content (AvgIpc) is 3.37. The lowest BCUT2D eigenvalue weighted by Gasteiger charge is -2.12. The highest BCUT2D eigenvalue weighted by Crippen LogP contribution is 2.37. The Morgan fingerprint density at radius 2 is 1.06 bits per heavy atom. The van der Waals surface area contributed by atoms with Crippen molar-refractivity contribution >= 4 is 53.9 Å². The number of benzene rings is 5. The number of aromatic nitrogens is 2. The molecule has 0 radical (unpaired) electrons. The van der Waals surface area contributed by atoms with Crippen LogP contribution in [0.4, 0.5) is 0 Å². The Bertz CT molecular complexity index is 1800. The third-order valence-electron chi connectivity index (χ3n) is 6.42. The van der Waals surface area contributed by atoms with Gasteiger partial charge in [0.2, 0.25) is 0 Å². The molecule has 2 heterocycles. The van der Waals surface area contributed by atoms with Crippen LogP contribution < -0.4 is 0 Å². The van der Waals surface area contributed by atoms with Gasteiger partial charge in [-0.2, -0.15) is 0 Å². The van der Waals surface area contributed by atoms with Crippen molar-refractivity contribution in [3.63, 3.8) is 0 Å². The first kappa shape index (κ1) is 18.5. The molecule has 0 N–H and O–H groups in total. The summed E-state index contributed by atoms with van der Waals surface area (Å²) in [5.74, 6) is 0. The van der Waals surface area contributed by atoms with E-state index in [4.69, 9.17) is 4.98 Å². The van der Waals surface area contributed by atoms with E-state index in [0.29, 0.717) is 0 Å². The number of fused-ring (bicyclic) bond motifs is 7. The topological polar surface area (TPSA) is 25.8 Å². The molecule has 0 bridgehead atoms. The van der Waals surface area contributed by atoms with Gasteiger partial charge < -0.3 is 0 Å². The minimum Gasteiger partial charge on any atom is -0.248 e. The second-order valence-corrected chi connectivity index (χ2v) is 9.18. The van der Waals surface area contributed by atoms with Crippen molar-refractivity contribution in [2.24, 2.45) is 0 Å². The molecule has 0 aliphatic heterocycles. The van der Waals surface area contributed by atoms with Gasteiger partial charge in [-0.3, -0.25) is 0 Å². The summed E-state index contributed by atoms with van der Waals surface area (Å²) in [5.41, 5.74) is 7.13. The molecule has 0 fully saturated rings. The van der Waals surface area contributed by atoms with E-state index in [1.807, 2.05) is 5.51 Å². The fourth-order valence-corrected chi connectivity index (χ4v) is 5.55. The van der Waals surface area contributed by atoms with Gasteiger partial charge in [-0.1, -0.05) is 72.8 Å². The first-order valence-electron chi connectivity index (χ1n) is 11.0. The van der Waals surface area contributed by atoms with Gasteiger partial charge in [-0.05, 0) is 62.6 Å². The van der Waals surface area contributed by atoms with Crippen molar-refractivity contribution in [2.75, 3.05) is 0 Å². The SMILES string of the molecule is c1cc(-c2ccc3ncsc3c2)nc(-c2ccc3c4ccccc4c4ccccc4c3c2)c1. The fraction of sp³-hybridized carbons (Fsp3) is 0. The Morgan fingerprint density at radius 1 is 0.485 bits per heavy atom. The summed E-state index contributed by atoms with van der Waals surface area (Å²) in [4.78, 5) is 9.43. The van der Waals surface area contributed by atoms with Crippen molar-refractivity contribution in [3.05, 3.63) is 109 Å². The summed E-state index contributed by atoms with van der Waals surface area (Å²) < 4.78 is 1.18. The molecular weight excluding hydrogens is 420 g/mol. The highest BCUT2D eigenvalue weighted by Gasteiger charge is 2.11. The molecule has 33 heavy (non-hydrogen) atoms. The normalized spacial score (nSPS) is 11.6. The molecule has 7 rings (SSSR count). The van der Waals surface area contributed by atoms with Gasteiger partial charge >= 0.3 is 0 Å². The molecule has 0 aliphatic carbocycles. The molecule has 7 aromatic rings. The maximum absolute atomic E-state index is 5.04. The third-order valence-corrected chi connectivity index (χ3v) is 7.21. The highest BCUT2D eigenvalue weighted by atomic mass is 32.1. The van der Waals surface area contributed by atoms with Gasteiger partial charge in [0.15, 0.2) is 0 Å². The maximum atomic E-state index is 5.04. The van der Waals surface area contributed by atoms with E-state index in [2.05, 4.69) is 108 Å². The van der Waals surface area contributed by atoms with Crippen molar-refractivity contribution in [1.82, 2.24) is 9.97 Å². The number of rotatable bonds is 2. The Kier molecular flexibility index (Phi) is 4.05. The van der Waals surface area contributed by atoms with E-state index in [-0.39, 0.29) is 0 Å². The van der Waals surface area contributed by atoms with Crippen LogP contribution in [-0.2, 0) is 0 Å². The lowest BCUT2D eigenvalue weighted by molar-refractivity contribution is 1.33. The van der Waals surface area contributed by atoms with Gasteiger partial charge in [0, 0.05) is 11.1 Å². The zero-order valence-corrected chi connectivity index (χ0v) is 18.5. The first-order chi connectivity index (χ1) is 16.3. The van der Waals surface area contributed by atoms with E-state index < -0.39 is 0 Å². The Hall–Kier alpha value is -4.08. The molecule has 0 saturated heterocycles. The van der Waals surface area contributed by atoms with Crippen LogP contribution in [0.15, 0.2) is 109 Å². The summed E-state index contributed by atoms with van der Waals surface area (Å²) in [6.07, 6.45) is 0.